The van der Waals surface area contributed by atoms with Gasteiger partial charge in [0.15, 0.2) is 0 Å². The molecular formula is C48H37N3. The van der Waals surface area contributed by atoms with Crippen LogP contribution in [0.2, 0.25) is 0 Å². The highest BCUT2D eigenvalue weighted by molar-refractivity contribution is 5.95. The average Bonchev–Trinajstić information content (AvgIpc) is 3.65. The van der Waals surface area contributed by atoms with Crippen molar-refractivity contribution in [2.24, 2.45) is 0 Å². The molecule has 51 heavy (non-hydrogen) atoms. The largest absolute Gasteiger partial charge is 0.308 e. The van der Waals surface area contributed by atoms with E-state index in [1.54, 1.807) is 0 Å². The third kappa shape index (κ3) is 6.18. The minimum absolute atomic E-state index is 0.920. The monoisotopic (exact) mass is 655 g/mol. The normalized spacial score (nSPS) is 11.2. The number of benzene rings is 6. The second-order valence-corrected chi connectivity index (χ2v) is 12.6. The van der Waals surface area contributed by atoms with E-state index in [0.717, 1.165) is 56.2 Å². The van der Waals surface area contributed by atoms with Gasteiger partial charge in [-0.2, -0.15) is 5.10 Å². The summed E-state index contributed by atoms with van der Waals surface area (Å²) in [4.78, 5) is 2.38. The maximum Gasteiger partial charge on any atom is 0.0968 e. The van der Waals surface area contributed by atoms with Gasteiger partial charge in [-0.1, -0.05) is 170 Å². The molecule has 0 aliphatic heterocycles. The number of nitrogens with zero attached hydrogens (tertiary/aromatic N) is 3. The number of hydrogen-bond acceptors (Lipinski definition) is 2. The molecule has 0 saturated heterocycles. The third-order valence-electron chi connectivity index (χ3n) is 9.39. The zero-order valence-electron chi connectivity index (χ0n) is 28.5. The van der Waals surface area contributed by atoms with Crippen molar-refractivity contribution in [1.29, 1.82) is 0 Å². The van der Waals surface area contributed by atoms with Crippen molar-refractivity contribution in [1.82, 2.24) is 9.61 Å². The van der Waals surface area contributed by atoms with Crippen molar-refractivity contribution in [2.45, 2.75) is 6.92 Å². The smallest absolute Gasteiger partial charge is 0.0968 e. The van der Waals surface area contributed by atoms with E-state index in [1.165, 1.54) is 22.3 Å². The molecule has 0 aliphatic carbocycles. The van der Waals surface area contributed by atoms with Crippen molar-refractivity contribution in [3.8, 4) is 44.8 Å². The van der Waals surface area contributed by atoms with Crippen LogP contribution in [0.5, 0.6) is 0 Å². The fourth-order valence-electron chi connectivity index (χ4n) is 6.87. The van der Waals surface area contributed by atoms with E-state index in [4.69, 9.17) is 5.10 Å². The number of anilines is 3. The molecule has 0 fully saturated rings. The molecule has 8 aromatic rings. The first-order valence-electron chi connectivity index (χ1n) is 17.3. The Morgan fingerprint density at radius 2 is 0.961 bits per heavy atom. The van der Waals surface area contributed by atoms with Crippen LogP contribution in [0, 0.1) is 6.92 Å². The number of fused-ring (bicyclic) bond motifs is 1. The van der Waals surface area contributed by atoms with Crippen LogP contribution < -0.4 is 4.90 Å². The van der Waals surface area contributed by atoms with Gasteiger partial charge in [0.05, 0.1) is 22.6 Å². The Morgan fingerprint density at radius 1 is 0.529 bits per heavy atom. The van der Waals surface area contributed by atoms with E-state index in [9.17, 15) is 0 Å². The lowest BCUT2D eigenvalue weighted by Gasteiger charge is -2.31. The number of aromatic nitrogens is 2. The zero-order chi connectivity index (χ0) is 34.6. The summed E-state index contributed by atoms with van der Waals surface area (Å²) in [5.74, 6) is 0. The molecule has 0 N–H and O–H groups in total. The number of rotatable bonds is 9. The van der Waals surface area contributed by atoms with Gasteiger partial charge in [-0.25, -0.2) is 4.52 Å². The van der Waals surface area contributed by atoms with Crippen LogP contribution in [0.15, 0.2) is 195 Å². The Labute approximate surface area is 299 Å². The van der Waals surface area contributed by atoms with Crippen LogP contribution in [-0.2, 0) is 0 Å². The van der Waals surface area contributed by atoms with Gasteiger partial charge >= 0.3 is 0 Å². The van der Waals surface area contributed by atoms with Gasteiger partial charge in [-0.3, -0.25) is 0 Å². The van der Waals surface area contributed by atoms with Crippen molar-refractivity contribution in [2.75, 3.05) is 4.90 Å². The van der Waals surface area contributed by atoms with Gasteiger partial charge < -0.3 is 4.90 Å². The van der Waals surface area contributed by atoms with E-state index in [1.807, 2.05) is 18.2 Å². The summed E-state index contributed by atoms with van der Waals surface area (Å²) in [7, 11) is 0. The Kier molecular flexibility index (Phi) is 8.68. The highest BCUT2D eigenvalue weighted by Gasteiger charge is 2.26. The predicted molar refractivity (Wildman–Crippen MR) is 216 cm³/mol. The molecule has 0 atom stereocenters. The Hall–Kier alpha value is -6.71. The molecule has 0 saturated carbocycles. The first-order valence-corrected chi connectivity index (χ1v) is 17.3. The molecule has 2 heterocycles. The van der Waals surface area contributed by atoms with E-state index in [0.29, 0.717) is 0 Å². The van der Waals surface area contributed by atoms with Crippen molar-refractivity contribution >= 4 is 28.7 Å². The minimum Gasteiger partial charge on any atom is -0.308 e. The fourth-order valence-corrected chi connectivity index (χ4v) is 6.87. The van der Waals surface area contributed by atoms with E-state index >= 15 is 0 Å². The predicted octanol–water partition coefficient (Wildman–Crippen LogP) is 13.0. The van der Waals surface area contributed by atoms with Crippen LogP contribution in [0.4, 0.5) is 17.1 Å². The second-order valence-electron chi connectivity index (χ2n) is 12.6. The summed E-state index contributed by atoms with van der Waals surface area (Å²) in [5.41, 5.74) is 15.2. The Balaban J connectivity index is 1.42. The Bertz CT molecular complexity index is 2360. The lowest BCUT2D eigenvalue weighted by molar-refractivity contribution is 0.964. The first-order chi connectivity index (χ1) is 25.2. The summed E-state index contributed by atoms with van der Waals surface area (Å²) in [5, 5.41) is 5.34. The van der Waals surface area contributed by atoms with Crippen molar-refractivity contribution in [3.63, 3.8) is 0 Å². The van der Waals surface area contributed by atoms with E-state index in [2.05, 4.69) is 199 Å². The highest BCUT2D eigenvalue weighted by Crippen LogP contribution is 2.46. The molecule has 3 nitrogen and oxygen atoms in total. The van der Waals surface area contributed by atoms with Crippen molar-refractivity contribution in [3.05, 3.63) is 206 Å². The molecule has 0 unspecified atom stereocenters. The number of hydrogen-bond donors (Lipinski definition) is 0. The second kappa shape index (κ2) is 14.0. The summed E-state index contributed by atoms with van der Waals surface area (Å²) in [6.07, 6.45) is 6.00. The first kappa shape index (κ1) is 31.6. The van der Waals surface area contributed by atoms with Crippen LogP contribution in [0.1, 0.15) is 11.1 Å². The summed E-state index contributed by atoms with van der Waals surface area (Å²) >= 11 is 0. The topological polar surface area (TPSA) is 20.5 Å². The maximum atomic E-state index is 5.34. The van der Waals surface area contributed by atoms with Gasteiger partial charge in [-0.05, 0) is 65.1 Å². The van der Waals surface area contributed by atoms with Gasteiger partial charge in [-0.15, -0.1) is 0 Å². The molecule has 2 aromatic heterocycles. The SMILES string of the molecule is C=C/C=C\c1c(C)c(N(c2ccc(-c3ccccc3)cc2)c2ccc(-c3ccccc3)cc2)c(-c2ccccc2)n2nc(-c3ccccc3)cc12. The standard InChI is InChI=1S/C48H37N3/c1-3-4-25-44-35(2)47(48(41-23-15-8-16-24-41)51-46(44)34-45(49-51)40-21-13-7-14-22-40)50(42-30-26-38(27-31-42)36-17-9-5-10-18-36)43-32-28-39(29-33-43)37-19-11-6-12-20-37/h3-34H,1H2,2H3/b25-4-. The molecule has 0 aliphatic rings. The molecule has 244 valence electrons. The van der Waals surface area contributed by atoms with Gasteiger partial charge in [0, 0.05) is 28.1 Å². The van der Waals surface area contributed by atoms with E-state index in [-0.39, 0.29) is 0 Å². The molecular weight excluding hydrogens is 619 g/mol. The van der Waals surface area contributed by atoms with E-state index < -0.39 is 0 Å². The number of allylic oxidation sites excluding steroid dienone is 2. The van der Waals surface area contributed by atoms with Gasteiger partial charge in [0.2, 0.25) is 0 Å². The lowest BCUT2D eigenvalue weighted by atomic mass is 9.97. The molecule has 0 radical (unpaired) electrons. The molecule has 0 bridgehead atoms. The average molecular weight is 656 g/mol. The minimum atomic E-state index is 0.920. The quantitative estimate of drug-likeness (QED) is 0.144. The van der Waals surface area contributed by atoms with Crippen LogP contribution in [0.25, 0.3) is 56.4 Å². The summed E-state index contributed by atoms with van der Waals surface area (Å²) in [6, 6.07) is 62.0. The molecule has 0 amide bonds. The molecule has 3 heteroatoms. The fraction of sp³-hybridized carbons (Fsp3) is 0.0208. The Morgan fingerprint density at radius 3 is 1.43 bits per heavy atom. The van der Waals surface area contributed by atoms with Gasteiger partial charge in [0.1, 0.15) is 0 Å². The van der Waals surface area contributed by atoms with Crippen LogP contribution >= 0.6 is 0 Å². The molecule has 6 aromatic carbocycles. The summed E-state index contributed by atoms with van der Waals surface area (Å²) in [6.45, 7) is 6.23. The highest BCUT2D eigenvalue weighted by atomic mass is 15.3. The summed E-state index contributed by atoms with van der Waals surface area (Å²) < 4.78 is 2.13. The lowest BCUT2D eigenvalue weighted by Crippen LogP contribution is -2.16. The zero-order valence-corrected chi connectivity index (χ0v) is 28.5. The van der Waals surface area contributed by atoms with Crippen LogP contribution in [-0.4, -0.2) is 9.61 Å². The van der Waals surface area contributed by atoms with Gasteiger partial charge in [0.25, 0.3) is 0 Å². The maximum absolute atomic E-state index is 5.34. The number of pyridine rings is 1. The van der Waals surface area contributed by atoms with Crippen molar-refractivity contribution < 1.29 is 0 Å². The molecule has 0 spiro atoms. The molecule has 8 rings (SSSR count). The van der Waals surface area contributed by atoms with Crippen LogP contribution in [0.3, 0.4) is 0 Å². The third-order valence-corrected chi connectivity index (χ3v) is 9.39.